The van der Waals surface area contributed by atoms with E-state index in [1.54, 1.807) is 12.1 Å². The first kappa shape index (κ1) is 17.4. The summed E-state index contributed by atoms with van der Waals surface area (Å²) in [5.41, 5.74) is 1.08. The van der Waals surface area contributed by atoms with Crippen LogP contribution in [0.4, 0.5) is 4.39 Å². The van der Waals surface area contributed by atoms with Gasteiger partial charge in [-0.05, 0) is 75.2 Å². The van der Waals surface area contributed by atoms with Crippen LogP contribution < -0.4 is 5.32 Å². The molecule has 2 fully saturated rings. The monoisotopic (exact) mass is 332 g/mol. The van der Waals surface area contributed by atoms with Gasteiger partial charge in [0, 0.05) is 19.0 Å². The molecule has 0 spiro atoms. The number of likely N-dealkylation sites (tertiary alicyclic amines) is 1. The van der Waals surface area contributed by atoms with Gasteiger partial charge in [-0.2, -0.15) is 0 Å². The molecule has 0 aromatic heterocycles. The number of carbonyl (C=O) groups is 1. The lowest BCUT2D eigenvalue weighted by atomic mass is 9.78. The van der Waals surface area contributed by atoms with E-state index in [0.717, 1.165) is 44.3 Å². The highest BCUT2D eigenvalue weighted by Crippen LogP contribution is 2.35. The Balaban J connectivity index is 1.38. The van der Waals surface area contributed by atoms with E-state index < -0.39 is 0 Å². The van der Waals surface area contributed by atoms with E-state index in [9.17, 15) is 9.18 Å². The van der Waals surface area contributed by atoms with Gasteiger partial charge in [0.15, 0.2) is 0 Å². The zero-order chi connectivity index (χ0) is 16.8. The van der Waals surface area contributed by atoms with E-state index in [1.165, 1.54) is 38.4 Å². The molecular weight excluding hydrogens is 303 g/mol. The molecule has 1 aromatic rings. The minimum Gasteiger partial charge on any atom is -0.355 e. The lowest BCUT2D eigenvalue weighted by Crippen LogP contribution is -2.40. The van der Waals surface area contributed by atoms with Crippen molar-refractivity contribution in [1.82, 2.24) is 10.2 Å². The molecule has 1 aliphatic heterocycles. The SMILES string of the molecule is O=C(NCCN1CCCCC1)C1CCC(c2cccc(F)c2)CC1. The third-order valence-electron chi connectivity index (χ3n) is 5.59. The summed E-state index contributed by atoms with van der Waals surface area (Å²) in [5, 5.41) is 3.12. The van der Waals surface area contributed by atoms with Gasteiger partial charge in [0.05, 0.1) is 0 Å². The molecule has 1 heterocycles. The number of halogens is 1. The Kier molecular flexibility index (Phi) is 6.24. The molecule has 1 saturated heterocycles. The topological polar surface area (TPSA) is 32.3 Å². The molecular formula is C20H29FN2O. The van der Waals surface area contributed by atoms with Crippen LogP contribution in [0, 0.1) is 11.7 Å². The summed E-state index contributed by atoms with van der Waals surface area (Å²) >= 11 is 0. The van der Waals surface area contributed by atoms with Crippen molar-refractivity contribution >= 4 is 5.91 Å². The van der Waals surface area contributed by atoms with E-state index >= 15 is 0 Å². The Bertz CT molecular complexity index is 534. The first-order chi connectivity index (χ1) is 11.7. The predicted octanol–water partition coefficient (Wildman–Crippen LogP) is 3.70. The largest absolute Gasteiger partial charge is 0.355 e. The highest BCUT2D eigenvalue weighted by molar-refractivity contribution is 5.78. The number of amides is 1. The number of hydrogen-bond acceptors (Lipinski definition) is 2. The van der Waals surface area contributed by atoms with Gasteiger partial charge in [-0.1, -0.05) is 18.6 Å². The first-order valence-corrected chi connectivity index (χ1v) is 9.48. The normalized spacial score (nSPS) is 25.4. The Hall–Kier alpha value is -1.42. The molecule has 132 valence electrons. The average Bonchev–Trinajstić information content (AvgIpc) is 2.63. The summed E-state index contributed by atoms with van der Waals surface area (Å²) in [6.07, 6.45) is 7.71. The number of benzene rings is 1. The fraction of sp³-hybridized carbons (Fsp3) is 0.650. The Morgan fingerprint density at radius 1 is 1.12 bits per heavy atom. The van der Waals surface area contributed by atoms with Gasteiger partial charge in [-0.3, -0.25) is 4.79 Å². The molecule has 3 nitrogen and oxygen atoms in total. The molecule has 1 saturated carbocycles. The summed E-state index contributed by atoms with van der Waals surface area (Å²) < 4.78 is 13.4. The summed E-state index contributed by atoms with van der Waals surface area (Å²) in [4.78, 5) is 14.8. The fourth-order valence-corrected chi connectivity index (χ4v) is 4.11. The van der Waals surface area contributed by atoms with Crippen molar-refractivity contribution in [3.05, 3.63) is 35.6 Å². The standard InChI is InChI=1S/C20H29FN2O/c21-19-6-4-5-18(15-19)16-7-9-17(10-8-16)20(24)22-11-14-23-12-2-1-3-13-23/h4-6,15-17H,1-3,7-14H2,(H,22,24). The van der Waals surface area contributed by atoms with Crippen LogP contribution in [-0.2, 0) is 4.79 Å². The van der Waals surface area contributed by atoms with E-state index in [0.29, 0.717) is 5.92 Å². The van der Waals surface area contributed by atoms with Crippen LogP contribution in [0.5, 0.6) is 0 Å². The lowest BCUT2D eigenvalue weighted by Gasteiger charge is -2.29. The molecule has 0 radical (unpaired) electrons. The van der Waals surface area contributed by atoms with Crippen molar-refractivity contribution in [3.8, 4) is 0 Å². The summed E-state index contributed by atoms with van der Waals surface area (Å²) in [6.45, 7) is 4.09. The third kappa shape index (κ3) is 4.79. The highest BCUT2D eigenvalue weighted by Gasteiger charge is 2.27. The van der Waals surface area contributed by atoms with Crippen LogP contribution in [0.3, 0.4) is 0 Å². The summed E-state index contributed by atoms with van der Waals surface area (Å²) in [5.74, 6) is 0.587. The van der Waals surface area contributed by atoms with Gasteiger partial charge < -0.3 is 10.2 Å². The smallest absolute Gasteiger partial charge is 0.223 e. The molecule has 1 amide bonds. The third-order valence-corrected chi connectivity index (χ3v) is 5.59. The van der Waals surface area contributed by atoms with E-state index in [4.69, 9.17) is 0 Å². The maximum Gasteiger partial charge on any atom is 0.223 e. The van der Waals surface area contributed by atoms with Crippen molar-refractivity contribution in [1.29, 1.82) is 0 Å². The van der Waals surface area contributed by atoms with E-state index in [2.05, 4.69) is 10.2 Å². The molecule has 4 heteroatoms. The molecule has 0 bridgehead atoms. The van der Waals surface area contributed by atoms with Crippen molar-refractivity contribution in [2.45, 2.75) is 50.9 Å². The Labute approximate surface area is 144 Å². The quantitative estimate of drug-likeness (QED) is 0.892. The maximum atomic E-state index is 13.4. The van der Waals surface area contributed by atoms with Crippen molar-refractivity contribution < 1.29 is 9.18 Å². The number of hydrogen-bond donors (Lipinski definition) is 1. The molecule has 0 unspecified atom stereocenters. The summed E-state index contributed by atoms with van der Waals surface area (Å²) in [7, 11) is 0. The average molecular weight is 332 g/mol. The van der Waals surface area contributed by atoms with Gasteiger partial charge >= 0.3 is 0 Å². The van der Waals surface area contributed by atoms with Crippen LogP contribution in [0.2, 0.25) is 0 Å². The van der Waals surface area contributed by atoms with Gasteiger partial charge in [0.2, 0.25) is 5.91 Å². The molecule has 3 rings (SSSR count). The van der Waals surface area contributed by atoms with Crippen LogP contribution in [0.1, 0.15) is 56.4 Å². The van der Waals surface area contributed by atoms with E-state index in [1.807, 2.05) is 6.07 Å². The van der Waals surface area contributed by atoms with Crippen LogP contribution in [-0.4, -0.2) is 37.0 Å². The number of piperidine rings is 1. The fourth-order valence-electron chi connectivity index (χ4n) is 4.11. The van der Waals surface area contributed by atoms with E-state index in [-0.39, 0.29) is 17.6 Å². The van der Waals surface area contributed by atoms with Gasteiger partial charge in [-0.15, -0.1) is 0 Å². The van der Waals surface area contributed by atoms with Gasteiger partial charge in [0.1, 0.15) is 5.82 Å². The predicted molar refractivity (Wildman–Crippen MR) is 94.4 cm³/mol. The number of nitrogens with zero attached hydrogens (tertiary/aromatic N) is 1. The number of nitrogens with one attached hydrogen (secondary N) is 1. The molecule has 1 N–H and O–H groups in total. The van der Waals surface area contributed by atoms with Crippen LogP contribution >= 0.6 is 0 Å². The van der Waals surface area contributed by atoms with Crippen molar-refractivity contribution in [2.24, 2.45) is 5.92 Å². The lowest BCUT2D eigenvalue weighted by molar-refractivity contribution is -0.126. The molecule has 1 aromatic carbocycles. The minimum atomic E-state index is -0.162. The van der Waals surface area contributed by atoms with Gasteiger partial charge in [-0.25, -0.2) is 4.39 Å². The zero-order valence-corrected chi connectivity index (χ0v) is 14.5. The minimum absolute atomic E-state index is 0.135. The first-order valence-electron chi connectivity index (χ1n) is 9.48. The second-order valence-corrected chi connectivity index (χ2v) is 7.30. The second kappa shape index (κ2) is 8.61. The van der Waals surface area contributed by atoms with Crippen LogP contribution in [0.25, 0.3) is 0 Å². The Morgan fingerprint density at radius 3 is 2.58 bits per heavy atom. The molecule has 1 aliphatic carbocycles. The van der Waals surface area contributed by atoms with Crippen LogP contribution in [0.15, 0.2) is 24.3 Å². The molecule has 24 heavy (non-hydrogen) atoms. The highest BCUT2D eigenvalue weighted by atomic mass is 19.1. The number of carbonyl (C=O) groups excluding carboxylic acids is 1. The number of rotatable bonds is 5. The maximum absolute atomic E-state index is 13.4. The Morgan fingerprint density at radius 2 is 1.88 bits per heavy atom. The van der Waals surface area contributed by atoms with Crippen molar-refractivity contribution in [3.63, 3.8) is 0 Å². The molecule has 0 atom stereocenters. The summed E-state index contributed by atoms with van der Waals surface area (Å²) in [6, 6.07) is 6.92. The van der Waals surface area contributed by atoms with Crippen molar-refractivity contribution in [2.75, 3.05) is 26.2 Å². The second-order valence-electron chi connectivity index (χ2n) is 7.30. The zero-order valence-electron chi connectivity index (χ0n) is 14.5. The molecule has 2 aliphatic rings. The van der Waals surface area contributed by atoms with Gasteiger partial charge in [0.25, 0.3) is 0 Å².